The highest BCUT2D eigenvalue weighted by molar-refractivity contribution is 5.73. The summed E-state index contributed by atoms with van der Waals surface area (Å²) in [6.45, 7) is 3.16. The Balaban J connectivity index is 2.63. The van der Waals surface area contributed by atoms with Crippen molar-refractivity contribution in [2.24, 2.45) is 5.73 Å². The average Bonchev–Trinajstić information content (AvgIpc) is 2.44. The molecule has 1 aromatic heterocycles. The molecule has 0 aliphatic heterocycles. The van der Waals surface area contributed by atoms with Crippen LogP contribution in [0.25, 0.3) is 0 Å². The fourth-order valence-corrected chi connectivity index (χ4v) is 1.59. The molecule has 9 heteroatoms. The van der Waals surface area contributed by atoms with Gasteiger partial charge in [-0.1, -0.05) is 6.92 Å². The Hall–Kier alpha value is -2.45. The number of nitrogens with two attached hydrogens (primary N) is 1. The van der Waals surface area contributed by atoms with Gasteiger partial charge in [0.25, 0.3) is 0 Å². The first kappa shape index (κ1) is 16.6. The average molecular weight is 296 g/mol. The largest absolute Gasteiger partial charge is 0.370 e. The predicted octanol–water partition coefficient (Wildman–Crippen LogP) is 1.27. The van der Waals surface area contributed by atoms with Gasteiger partial charge >= 0.3 is 5.69 Å². The van der Waals surface area contributed by atoms with Gasteiger partial charge in [0, 0.05) is 19.5 Å². The molecule has 21 heavy (non-hydrogen) atoms. The van der Waals surface area contributed by atoms with Crippen LogP contribution in [0.3, 0.4) is 0 Å². The van der Waals surface area contributed by atoms with E-state index < -0.39 is 4.92 Å². The molecule has 0 radical (unpaired) electrons. The highest BCUT2D eigenvalue weighted by atomic mass is 16.6. The van der Waals surface area contributed by atoms with E-state index in [2.05, 4.69) is 20.6 Å². The third kappa shape index (κ3) is 6.02. The molecule has 0 atom stereocenters. The monoisotopic (exact) mass is 296 g/mol. The van der Waals surface area contributed by atoms with Gasteiger partial charge in [0.1, 0.15) is 6.20 Å². The Kier molecular flexibility index (Phi) is 6.85. The summed E-state index contributed by atoms with van der Waals surface area (Å²) in [5, 5.41) is 16.8. The second-order valence-corrected chi connectivity index (χ2v) is 4.46. The lowest BCUT2D eigenvalue weighted by atomic mass is 10.2. The first-order valence-electron chi connectivity index (χ1n) is 6.82. The Morgan fingerprint density at radius 2 is 2.14 bits per heavy atom. The number of nitro groups is 1. The van der Waals surface area contributed by atoms with Crippen LogP contribution < -0.4 is 16.4 Å². The Morgan fingerprint density at radius 3 is 2.76 bits per heavy atom. The van der Waals surface area contributed by atoms with Gasteiger partial charge < -0.3 is 16.4 Å². The summed E-state index contributed by atoms with van der Waals surface area (Å²) in [6, 6.07) is 0. The number of nitrogens with zero attached hydrogens (tertiary/aromatic N) is 3. The van der Waals surface area contributed by atoms with Crippen molar-refractivity contribution in [1.29, 1.82) is 0 Å². The molecule has 0 saturated heterocycles. The number of hydrogen-bond acceptors (Lipinski definition) is 7. The number of unbranched alkanes of at least 4 members (excludes halogenated alkanes) is 1. The van der Waals surface area contributed by atoms with Gasteiger partial charge in [-0.2, -0.15) is 4.98 Å². The van der Waals surface area contributed by atoms with Gasteiger partial charge in [0.15, 0.2) is 0 Å². The number of carbonyl (C=O) groups excluding carboxylic acids is 1. The van der Waals surface area contributed by atoms with Crippen LogP contribution >= 0.6 is 0 Å². The van der Waals surface area contributed by atoms with Crippen molar-refractivity contribution >= 4 is 23.4 Å². The smallest absolute Gasteiger partial charge is 0.329 e. The fraction of sp³-hybridized carbons (Fsp3) is 0.583. The summed E-state index contributed by atoms with van der Waals surface area (Å²) >= 11 is 0. The quantitative estimate of drug-likeness (QED) is 0.336. The molecule has 4 N–H and O–H groups in total. The van der Waals surface area contributed by atoms with Crippen LogP contribution in [0.1, 0.15) is 32.6 Å². The van der Waals surface area contributed by atoms with Crippen molar-refractivity contribution < 1.29 is 9.72 Å². The van der Waals surface area contributed by atoms with E-state index in [1.165, 1.54) is 6.20 Å². The van der Waals surface area contributed by atoms with Crippen LogP contribution in [0.2, 0.25) is 0 Å². The molecule has 0 aliphatic carbocycles. The predicted molar refractivity (Wildman–Crippen MR) is 79.0 cm³/mol. The summed E-state index contributed by atoms with van der Waals surface area (Å²) < 4.78 is 0. The molecule has 1 amide bonds. The molecule has 0 fully saturated rings. The summed E-state index contributed by atoms with van der Waals surface area (Å²) in [5.74, 6) is 0.170. The Morgan fingerprint density at radius 1 is 1.38 bits per heavy atom. The molecule has 0 aliphatic rings. The summed E-state index contributed by atoms with van der Waals surface area (Å²) in [7, 11) is 0. The molecule has 1 heterocycles. The lowest BCUT2D eigenvalue weighted by Gasteiger charge is -2.08. The maximum atomic E-state index is 10.9. The van der Waals surface area contributed by atoms with Crippen LogP contribution in [-0.4, -0.2) is 33.9 Å². The van der Waals surface area contributed by atoms with E-state index in [1.807, 2.05) is 6.92 Å². The van der Waals surface area contributed by atoms with Crippen LogP contribution in [0.15, 0.2) is 6.20 Å². The number of carbonyl (C=O) groups is 1. The van der Waals surface area contributed by atoms with E-state index in [0.717, 1.165) is 6.42 Å². The highest BCUT2D eigenvalue weighted by Crippen LogP contribution is 2.21. The van der Waals surface area contributed by atoms with Crippen molar-refractivity contribution in [3.05, 3.63) is 16.3 Å². The van der Waals surface area contributed by atoms with Gasteiger partial charge in [-0.15, -0.1) is 0 Å². The maximum Gasteiger partial charge on any atom is 0.329 e. The van der Waals surface area contributed by atoms with Crippen molar-refractivity contribution in [3.63, 3.8) is 0 Å². The number of amides is 1. The molecular weight excluding hydrogens is 276 g/mol. The normalized spacial score (nSPS) is 10.1. The van der Waals surface area contributed by atoms with Crippen molar-refractivity contribution in [2.75, 3.05) is 23.7 Å². The number of primary amides is 1. The van der Waals surface area contributed by atoms with E-state index in [9.17, 15) is 14.9 Å². The van der Waals surface area contributed by atoms with Crippen molar-refractivity contribution in [2.45, 2.75) is 32.6 Å². The number of nitrogens with one attached hydrogen (secondary N) is 2. The Bertz CT molecular complexity index is 494. The Labute approximate surface area is 122 Å². The molecular formula is C12H20N6O3. The molecule has 116 valence electrons. The van der Waals surface area contributed by atoms with Crippen molar-refractivity contribution in [3.8, 4) is 0 Å². The zero-order chi connectivity index (χ0) is 15.7. The third-order valence-corrected chi connectivity index (χ3v) is 2.64. The fourth-order valence-electron chi connectivity index (χ4n) is 1.59. The van der Waals surface area contributed by atoms with Crippen LogP contribution in [0.5, 0.6) is 0 Å². The van der Waals surface area contributed by atoms with Gasteiger partial charge in [0.2, 0.25) is 17.7 Å². The minimum Gasteiger partial charge on any atom is -0.370 e. The van der Waals surface area contributed by atoms with Gasteiger partial charge in [-0.3, -0.25) is 14.9 Å². The first-order chi connectivity index (χ1) is 10.0. The van der Waals surface area contributed by atoms with E-state index in [1.54, 1.807) is 0 Å². The molecule has 0 bridgehead atoms. The summed E-state index contributed by atoms with van der Waals surface area (Å²) in [4.78, 5) is 29.0. The second-order valence-electron chi connectivity index (χ2n) is 4.46. The molecule has 0 unspecified atom stereocenters. The molecule has 0 aromatic carbocycles. The van der Waals surface area contributed by atoms with Crippen LogP contribution in [0.4, 0.5) is 17.5 Å². The summed E-state index contributed by atoms with van der Waals surface area (Å²) in [6.07, 6.45) is 3.67. The number of anilines is 2. The number of rotatable bonds is 10. The van der Waals surface area contributed by atoms with Crippen molar-refractivity contribution in [1.82, 2.24) is 9.97 Å². The highest BCUT2D eigenvalue weighted by Gasteiger charge is 2.16. The molecule has 1 rings (SSSR count). The first-order valence-corrected chi connectivity index (χ1v) is 6.82. The third-order valence-electron chi connectivity index (χ3n) is 2.64. The SMILES string of the molecule is CCCNc1ncc([N+](=O)[O-])c(NCCCCC(N)=O)n1. The second kappa shape index (κ2) is 8.67. The van der Waals surface area contributed by atoms with Gasteiger partial charge in [-0.05, 0) is 19.3 Å². The van der Waals surface area contributed by atoms with Gasteiger partial charge in [-0.25, -0.2) is 4.98 Å². The zero-order valence-electron chi connectivity index (χ0n) is 12.0. The van der Waals surface area contributed by atoms with E-state index in [-0.39, 0.29) is 17.4 Å². The number of aromatic nitrogens is 2. The lowest BCUT2D eigenvalue weighted by Crippen LogP contribution is -2.12. The van der Waals surface area contributed by atoms with Crippen LogP contribution in [-0.2, 0) is 4.79 Å². The maximum absolute atomic E-state index is 10.9. The molecule has 1 aromatic rings. The van der Waals surface area contributed by atoms with Crippen LogP contribution in [0, 0.1) is 10.1 Å². The molecule has 9 nitrogen and oxygen atoms in total. The summed E-state index contributed by atoms with van der Waals surface area (Å²) in [5.41, 5.74) is 4.86. The topological polar surface area (TPSA) is 136 Å². The minimum atomic E-state index is -0.532. The zero-order valence-corrected chi connectivity index (χ0v) is 12.0. The number of hydrogen-bond donors (Lipinski definition) is 3. The minimum absolute atomic E-state index is 0.174. The van der Waals surface area contributed by atoms with E-state index in [4.69, 9.17) is 5.73 Å². The molecule has 0 saturated carbocycles. The van der Waals surface area contributed by atoms with Gasteiger partial charge in [0.05, 0.1) is 4.92 Å². The lowest BCUT2D eigenvalue weighted by molar-refractivity contribution is -0.384. The van der Waals surface area contributed by atoms with E-state index in [0.29, 0.717) is 38.3 Å². The molecule has 0 spiro atoms. The van der Waals surface area contributed by atoms with E-state index >= 15 is 0 Å². The standard InChI is InChI=1S/C12H20N6O3/c1-2-6-15-12-16-8-9(18(20)21)11(17-12)14-7-4-3-5-10(13)19/h8H,2-7H2,1H3,(H2,13,19)(H2,14,15,16,17).